The van der Waals surface area contributed by atoms with Crippen molar-refractivity contribution in [1.29, 1.82) is 0 Å². The normalized spacial score (nSPS) is 9.43. The van der Waals surface area contributed by atoms with Crippen LogP contribution in [0.4, 0.5) is 0 Å². The third kappa shape index (κ3) is 5.88. The van der Waals surface area contributed by atoms with Crippen LogP contribution >= 0.6 is 0 Å². The van der Waals surface area contributed by atoms with Crippen molar-refractivity contribution < 1.29 is 14.9 Å². The minimum absolute atomic E-state index is 0.156. The third-order valence-corrected chi connectivity index (χ3v) is 0.504. The second-order valence-corrected chi connectivity index (χ2v) is 1.07. The maximum atomic E-state index is 8.16. The molecule has 0 fully saturated rings. The van der Waals surface area contributed by atoms with Crippen molar-refractivity contribution in [2.75, 3.05) is 20.3 Å². The Balaban J connectivity index is 2.45. The summed E-state index contributed by atoms with van der Waals surface area (Å²) in [7, 11) is 1.44. The molecule has 0 aromatic heterocycles. The lowest BCUT2D eigenvalue weighted by Gasteiger charge is -1.93. The zero-order valence-corrected chi connectivity index (χ0v) is 4.39. The molecule has 7 heavy (non-hydrogen) atoms. The van der Waals surface area contributed by atoms with Crippen molar-refractivity contribution in [1.82, 2.24) is 0 Å². The molecule has 1 N–H and O–H groups in total. The molecule has 0 aromatic rings. The van der Waals surface area contributed by atoms with Crippen molar-refractivity contribution >= 4 is 0 Å². The number of rotatable bonds is 4. The summed E-state index contributed by atoms with van der Waals surface area (Å²) in [5.74, 6) is 0. The summed E-state index contributed by atoms with van der Waals surface area (Å²) in [5, 5.41) is 8.16. The predicted octanol–water partition coefficient (Wildman–Crippen LogP) is -0.0532. The maximum absolute atomic E-state index is 8.16. The molecule has 0 rings (SSSR count). The molecule has 44 valence electrons. The van der Waals surface area contributed by atoms with Crippen LogP contribution in [0.5, 0.6) is 0 Å². The fourth-order valence-corrected chi connectivity index (χ4v) is 0.207. The van der Waals surface area contributed by atoms with Gasteiger partial charge in [0.15, 0.2) is 0 Å². The molecule has 0 bridgehead atoms. The van der Waals surface area contributed by atoms with Gasteiger partial charge in [-0.2, -0.15) is 0 Å². The third-order valence-electron chi connectivity index (χ3n) is 0.504. The van der Waals surface area contributed by atoms with Crippen LogP contribution in [0.2, 0.25) is 0 Å². The van der Waals surface area contributed by atoms with Gasteiger partial charge in [-0.1, -0.05) is 0 Å². The molecule has 0 saturated heterocycles. The highest BCUT2D eigenvalue weighted by atomic mass is 17.2. The van der Waals surface area contributed by atoms with Crippen molar-refractivity contribution in [3.8, 4) is 0 Å². The molecule has 0 aliphatic rings. The first-order chi connectivity index (χ1) is 3.41. The van der Waals surface area contributed by atoms with Gasteiger partial charge in [-0.05, 0) is 6.42 Å². The molecule has 0 aliphatic carbocycles. The van der Waals surface area contributed by atoms with Crippen LogP contribution in [0.25, 0.3) is 0 Å². The Morgan fingerprint density at radius 3 is 2.71 bits per heavy atom. The Labute approximate surface area is 42.8 Å². The highest BCUT2D eigenvalue weighted by molar-refractivity contribution is 4.24. The summed E-state index contributed by atoms with van der Waals surface area (Å²) in [5.41, 5.74) is 0. The van der Waals surface area contributed by atoms with Crippen LogP contribution in [0.15, 0.2) is 0 Å². The van der Waals surface area contributed by atoms with Crippen LogP contribution in [0.1, 0.15) is 6.42 Å². The van der Waals surface area contributed by atoms with Gasteiger partial charge in [-0.15, -0.1) is 0 Å². The number of hydrogen-bond acceptors (Lipinski definition) is 3. The largest absolute Gasteiger partial charge is 0.396 e. The van der Waals surface area contributed by atoms with Gasteiger partial charge in [0.1, 0.15) is 0 Å². The lowest BCUT2D eigenvalue weighted by atomic mass is 10.5. The molecule has 0 amide bonds. The van der Waals surface area contributed by atoms with E-state index in [4.69, 9.17) is 5.11 Å². The molecule has 3 nitrogen and oxygen atoms in total. The first-order valence-corrected chi connectivity index (χ1v) is 2.18. The molecule has 0 unspecified atom stereocenters. The zero-order valence-electron chi connectivity index (χ0n) is 4.39. The summed E-state index contributed by atoms with van der Waals surface area (Å²) >= 11 is 0. The maximum Gasteiger partial charge on any atom is 0.0844 e. The lowest BCUT2D eigenvalue weighted by molar-refractivity contribution is -0.273. The molecule has 0 aromatic carbocycles. The number of aliphatic hydroxyl groups is 1. The highest BCUT2D eigenvalue weighted by Gasteiger charge is 1.80. The average molecular weight is 106 g/mol. The average Bonchev–Trinajstić information content (AvgIpc) is 1.69. The van der Waals surface area contributed by atoms with Crippen molar-refractivity contribution in [3.05, 3.63) is 0 Å². The molecular formula is C4H10O3. The van der Waals surface area contributed by atoms with E-state index in [1.54, 1.807) is 0 Å². The standard InChI is InChI=1S/C4H10O3/c1-6-7-4-2-3-5/h5H,2-4H2,1H3. The molecule has 0 saturated carbocycles. The Morgan fingerprint density at radius 2 is 2.29 bits per heavy atom. The number of aliphatic hydroxyl groups excluding tert-OH is 1. The molecule has 0 atom stereocenters. The SMILES string of the molecule is COOCCCO. The van der Waals surface area contributed by atoms with E-state index < -0.39 is 0 Å². The van der Waals surface area contributed by atoms with E-state index in [2.05, 4.69) is 9.78 Å². The van der Waals surface area contributed by atoms with Crippen LogP contribution in [0.3, 0.4) is 0 Å². The molecule has 0 spiro atoms. The first kappa shape index (κ1) is 6.88. The van der Waals surface area contributed by atoms with Crippen molar-refractivity contribution in [3.63, 3.8) is 0 Å². The summed E-state index contributed by atoms with van der Waals surface area (Å²) in [4.78, 5) is 8.65. The van der Waals surface area contributed by atoms with Crippen LogP contribution in [0, 0.1) is 0 Å². The number of hydrogen-bond donors (Lipinski definition) is 1. The topological polar surface area (TPSA) is 38.7 Å². The lowest BCUT2D eigenvalue weighted by Crippen LogP contribution is -1.94. The van der Waals surface area contributed by atoms with E-state index in [0.29, 0.717) is 13.0 Å². The predicted molar refractivity (Wildman–Crippen MR) is 24.7 cm³/mol. The van der Waals surface area contributed by atoms with Crippen LogP contribution < -0.4 is 0 Å². The van der Waals surface area contributed by atoms with E-state index in [1.165, 1.54) is 7.11 Å². The van der Waals surface area contributed by atoms with Gasteiger partial charge >= 0.3 is 0 Å². The van der Waals surface area contributed by atoms with Crippen molar-refractivity contribution in [2.45, 2.75) is 6.42 Å². The van der Waals surface area contributed by atoms with E-state index in [1.807, 2.05) is 0 Å². The van der Waals surface area contributed by atoms with Gasteiger partial charge < -0.3 is 5.11 Å². The van der Waals surface area contributed by atoms with Gasteiger partial charge in [-0.3, -0.25) is 0 Å². The van der Waals surface area contributed by atoms with E-state index in [0.717, 1.165) is 0 Å². The summed E-state index contributed by atoms with van der Waals surface area (Å²) in [6.45, 7) is 0.621. The van der Waals surface area contributed by atoms with Gasteiger partial charge in [0.25, 0.3) is 0 Å². The molecule has 0 aliphatic heterocycles. The Bertz CT molecular complexity index is 26.1. The van der Waals surface area contributed by atoms with Crippen LogP contribution in [-0.2, 0) is 9.78 Å². The van der Waals surface area contributed by atoms with Crippen LogP contribution in [-0.4, -0.2) is 25.4 Å². The van der Waals surface area contributed by atoms with E-state index in [-0.39, 0.29) is 6.61 Å². The highest BCUT2D eigenvalue weighted by Crippen LogP contribution is 1.77. The second-order valence-electron chi connectivity index (χ2n) is 1.07. The Morgan fingerprint density at radius 1 is 1.57 bits per heavy atom. The van der Waals surface area contributed by atoms with Gasteiger partial charge in [-0.25, -0.2) is 9.78 Å². The summed E-state index contributed by atoms with van der Waals surface area (Å²) in [6, 6.07) is 0. The van der Waals surface area contributed by atoms with Gasteiger partial charge in [0, 0.05) is 6.61 Å². The smallest absolute Gasteiger partial charge is 0.0844 e. The van der Waals surface area contributed by atoms with Gasteiger partial charge in [0.2, 0.25) is 0 Å². The molecule has 0 radical (unpaired) electrons. The van der Waals surface area contributed by atoms with E-state index >= 15 is 0 Å². The monoisotopic (exact) mass is 106 g/mol. The summed E-state index contributed by atoms with van der Waals surface area (Å²) in [6.07, 6.45) is 0.633. The minimum atomic E-state index is 0.156. The Kier molecular flexibility index (Phi) is 5.78. The fourth-order valence-electron chi connectivity index (χ4n) is 0.207. The summed E-state index contributed by atoms with van der Waals surface area (Å²) < 4.78 is 0. The zero-order chi connectivity index (χ0) is 5.54. The molecular weight excluding hydrogens is 96.0 g/mol. The quantitative estimate of drug-likeness (QED) is 0.310. The van der Waals surface area contributed by atoms with Crippen molar-refractivity contribution in [2.24, 2.45) is 0 Å². The molecule has 0 heterocycles. The molecule has 3 heteroatoms. The van der Waals surface area contributed by atoms with E-state index in [9.17, 15) is 0 Å². The fraction of sp³-hybridized carbons (Fsp3) is 1.00. The second kappa shape index (κ2) is 5.88. The first-order valence-electron chi connectivity index (χ1n) is 2.18. The minimum Gasteiger partial charge on any atom is -0.396 e. The Hall–Kier alpha value is -0.120. The van der Waals surface area contributed by atoms with Gasteiger partial charge in [0.05, 0.1) is 13.7 Å².